The van der Waals surface area contributed by atoms with E-state index in [4.69, 9.17) is 9.47 Å². The van der Waals surface area contributed by atoms with Gasteiger partial charge in [0.2, 0.25) is 0 Å². The van der Waals surface area contributed by atoms with Gasteiger partial charge in [-0.25, -0.2) is 0 Å². The van der Waals surface area contributed by atoms with Crippen LogP contribution < -0.4 is 9.47 Å². The first-order valence-corrected chi connectivity index (χ1v) is 6.48. The third-order valence-corrected chi connectivity index (χ3v) is 3.64. The van der Waals surface area contributed by atoms with E-state index in [0.717, 1.165) is 29.9 Å². The number of methoxy groups -OCH3 is 2. The molecular weight excluding hydrogens is 226 g/mol. The summed E-state index contributed by atoms with van der Waals surface area (Å²) in [6.07, 6.45) is 4.41. The van der Waals surface area contributed by atoms with Crippen molar-refractivity contribution in [2.45, 2.75) is 32.6 Å². The molecule has 0 saturated carbocycles. The van der Waals surface area contributed by atoms with E-state index in [1.54, 1.807) is 14.2 Å². The smallest absolute Gasteiger partial charge is 0.162 e. The highest BCUT2D eigenvalue weighted by atomic mass is 16.5. The van der Waals surface area contributed by atoms with Crippen molar-refractivity contribution >= 4 is 10.9 Å². The second kappa shape index (κ2) is 5.34. The fraction of sp³-hybridized carbons (Fsp3) is 0.467. The standard InChI is InChI=1S/C15H21NO2/c1-5-10(6-2)12-9-16-13-8-15(18-4)14(17-3)7-11(12)13/h7-10,16H,5-6H2,1-4H3. The molecule has 3 nitrogen and oxygen atoms in total. The van der Waals surface area contributed by atoms with E-state index in [-0.39, 0.29) is 0 Å². The number of aromatic amines is 1. The topological polar surface area (TPSA) is 34.2 Å². The average molecular weight is 247 g/mol. The summed E-state index contributed by atoms with van der Waals surface area (Å²) in [4.78, 5) is 3.33. The molecule has 2 rings (SSSR count). The molecule has 0 aliphatic rings. The van der Waals surface area contributed by atoms with Crippen LogP contribution in [0, 0.1) is 0 Å². The van der Waals surface area contributed by atoms with Crippen molar-refractivity contribution in [1.29, 1.82) is 0 Å². The maximum absolute atomic E-state index is 5.38. The number of benzene rings is 1. The summed E-state index contributed by atoms with van der Waals surface area (Å²) < 4.78 is 10.7. The molecule has 0 atom stereocenters. The fourth-order valence-corrected chi connectivity index (χ4v) is 2.54. The molecule has 98 valence electrons. The van der Waals surface area contributed by atoms with E-state index in [2.05, 4.69) is 31.1 Å². The Bertz CT molecular complexity index is 527. The van der Waals surface area contributed by atoms with Crippen molar-refractivity contribution in [3.8, 4) is 11.5 Å². The predicted octanol–water partition coefficient (Wildman–Crippen LogP) is 4.09. The van der Waals surface area contributed by atoms with Crippen molar-refractivity contribution in [2.24, 2.45) is 0 Å². The summed E-state index contributed by atoms with van der Waals surface area (Å²) in [7, 11) is 3.33. The van der Waals surface area contributed by atoms with Gasteiger partial charge < -0.3 is 14.5 Å². The zero-order valence-electron chi connectivity index (χ0n) is 11.5. The first-order valence-electron chi connectivity index (χ1n) is 6.48. The molecule has 18 heavy (non-hydrogen) atoms. The van der Waals surface area contributed by atoms with Crippen molar-refractivity contribution < 1.29 is 9.47 Å². The Balaban J connectivity index is 2.58. The Hall–Kier alpha value is -1.64. The van der Waals surface area contributed by atoms with E-state index in [9.17, 15) is 0 Å². The monoisotopic (exact) mass is 247 g/mol. The Morgan fingerprint density at radius 3 is 2.22 bits per heavy atom. The van der Waals surface area contributed by atoms with Crippen LogP contribution in [0.3, 0.4) is 0 Å². The molecule has 1 aromatic heterocycles. The number of aromatic nitrogens is 1. The van der Waals surface area contributed by atoms with Crippen LogP contribution in [0.5, 0.6) is 11.5 Å². The Kier molecular flexibility index (Phi) is 3.80. The average Bonchev–Trinajstić information content (AvgIpc) is 2.81. The molecule has 3 heteroatoms. The summed E-state index contributed by atoms with van der Waals surface area (Å²) in [6, 6.07) is 4.07. The fourth-order valence-electron chi connectivity index (χ4n) is 2.54. The van der Waals surface area contributed by atoms with Crippen LogP contribution in [-0.4, -0.2) is 19.2 Å². The first kappa shape index (κ1) is 12.8. The van der Waals surface area contributed by atoms with Gasteiger partial charge in [0.15, 0.2) is 11.5 Å². The van der Waals surface area contributed by atoms with Crippen LogP contribution in [0.25, 0.3) is 10.9 Å². The number of hydrogen-bond acceptors (Lipinski definition) is 2. The maximum Gasteiger partial charge on any atom is 0.162 e. The molecule has 0 radical (unpaired) electrons. The summed E-state index contributed by atoms with van der Waals surface area (Å²) >= 11 is 0. The molecule has 0 saturated heterocycles. The van der Waals surface area contributed by atoms with E-state index >= 15 is 0 Å². The number of rotatable bonds is 5. The van der Waals surface area contributed by atoms with Crippen LogP contribution in [0.2, 0.25) is 0 Å². The van der Waals surface area contributed by atoms with Gasteiger partial charge in [-0.3, -0.25) is 0 Å². The summed E-state index contributed by atoms with van der Waals surface area (Å²) in [6.45, 7) is 4.46. The number of ether oxygens (including phenoxy) is 2. The first-order chi connectivity index (χ1) is 8.74. The van der Waals surface area contributed by atoms with Crippen LogP contribution in [-0.2, 0) is 0 Å². The predicted molar refractivity (Wildman–Crippen MR) is 74.7 cm³/mol. The lowest BCUT2D eigenvalue weighted by Crippen LogP contribution is -1.94. The zero-order valence-corrected chi connectivity index (χ0v) is 11.5. The molecule has 0 fully saturated rings. The number of H-pyrrole nitrogens is 1. The van der Waals surface area contributed by atoms with Gasteiger partial charge in [-0.1, -0.05) is 13.8 Å². The second-order valence-corrected chi connectivity index (χ2v) is 4.51. The quantitative estimate of drug-likeness (QED) is 0.863. The molecule has 2 aromatic rings. The van der Waals surface area contributed by atoms with Gasteiger partial charge in [-0.05, 0) is 30.4 Å². The largest absolute Gasteiger partial charge is 0.493 e. The molecule has 0 amide bonds. The van der Waals surface area contributed by atoms with Crippen molar-refractivity contribution in [1.82, 2.24) is 4.98 Å². The lowest BCUT2D eigenvalue weighted by atomic mass is 9.93. The van der Waals surface area contributed by atoms with Gasteiger partial charge in [0.25, 0.3) is 0 Å². The minimum Gasteiger partial charge on any atom is -0.493 e. The Morgan fingerprint density at radius 1 is 1.06 bits per heavy atom. The number of nitrogens with one attached hydrogen (secondary N) is 1. The van der Waals surface area contributed by atoms with Crippen LogP contribution in [0.4, 0.5) is 0 Å². The van der Waals surface area contributed by atoms with Crippen molar-refractivity contribution in [3.63, 3.8) is 0 Å². The third kappa shape index (κ3) is 2.05. The van der Waals surface area contributed by atoms with Gasteiger partial charge in [0, 0.05) is 23.2 Å². The van der Waals surface area contributed by atoms with Gasteiger partial charge in [0.05, 0.1) is 14.2 Å². The summed E-state index contributed by atoms with van der Waals surface area (Å²) in [5, 5.41) is 1.24. The molecular formula is C15H21NO2. The lowest BCUT2D eigenvalue weighted by Gasteiger charge is -2.12. The van der Waals surface area contributed by atoms with Crippen LogP contribution >= 0.6 is 0 Å². The molecule has 0 unspecified atom stereocenters. The summed E-state index contributed by atoms with van der Waals surface area (Å²) in [5.41, 5.74) is 2.48. The second-order valence-electron chi connectivity index (χ2n) is 4.51. The van der Waals surface area contributed by atoms with Gasteiger partial charge >= 0.3 is 0 Å². The van der Waals surface area contributed by atoms with E-state index in [1.807, 2.05) is 6.07 Å². The normalized spacial score (nSPS) is 11.2. The molecule has 0 spiro atoms. The van der Waals surface area contributed by atoms with E-state index in [0.29, 0.717) is 5.92 Å². The van der Waals surface area contributed by atoms with Crippen LogP contribution in [0.15, 0.2) is 18.3 Å². The molecule has 1 aromatic carbocycles. The molecule has 0 bridgehead atoms. The zero-order chi connectivity index (χ0) is 13.1. The lowest BCUT2D eigenvalue weighted by molar-refractivity contribution is 0.356. The third-order valence-electron chi connectivity index (χ3n) is 3.64. The van der Waals surface area contributed by atoms with Crippen molar-refractivity contribution in [3.05, 3.63) is 23.9 Å². The maximum atomic E-state index is 5.38. The Morgan fingerprint density at radius 2 is 1.67 bits per heavy atom. The van der Waals surface area contributed by atoms with Gasteiger partial charge in [-0.15, -0.1) is 0 Å². The molecule has 1 N–H and O–H groups in total. The van der Waals surface area contributed by atoms with Crippen LogP contribution in [0.1, 0.15) is 38.2 Å². The highest BCUT2D eigenvalue weighted by Crippen LogP contribution is 2.37. The molecule has 0 aliphatic carbocycles. The van der Waals surface area contributed by atoms with E-state index < -0.39 is 0 Å². The van der Waals surface area contributed by atoms with Gasteiger partial charge in [0.1, 0.15) is 0 Å². The Labute approximate surface area is 108 Å². The highest BCUT2D eigenvalue weighted by Gasteiger charge is 2.15. The number of hydrogen-bond donors (Lipinski definition) is 1. The van der Waals surface area contributed by atoms with Crippen molar-refractivity contribution in [2.75, 3.05) is 14.2 Å². The van der Waals surface area contributed by atoms with Gasteiger partial charge in [-0.2, -0.15) is 0 Å². The SMILES string of the molecule is CCC(CC)c1c[nH]c2cc(OC)c(OC)cc12. The number of fused-ring (bicyclic) bond motifs is 1. The summed E-state index contributed by atoms with van der Waals surface area (Å²) in [5.74, 6) is 2.15. The molecule has 1 heterocycles. The molecule has 0 aliphatic heterocycles. The minimum atomic E-state index is 0.594. The highest BCUT2D eigenvalue weighted by molar-refractivity contribution is 5.87. The van der Waals surface area contributed by atoms with E-state index in [1.165, 1.54) is 10.9 Å². The minimum absolute atomic E-state index is 0.594.